The van der Waals surface area contributed by atoms with Crippen LogP contribution in [0.2, 0.25) is 0 Å². The molecule has 2 aromatic carbocycles. The van der Waals surface area contributed by atoms with E-state index in [-0.39, 0.29) is 5.54 Å². The first-order valence-electron chi connectivity index (χ1n) is 6.86. The number of hydrogen-bond donors (Lipinski definition) is 1. The van der Waals surface area contributed by atoms with Crippen LogP contribution in [0.5, 0.6) is 11.5 Å². The number of ether oxygens (including phenoxy) is 2. The zero-order valence-electron chi connectivity index (χ0n) is 11.6. The monoisotopic (exact) mass is 269 g/mol. The zero-order chi connectivity index (χ0) is 14.0. The Balaban J connectivity index is 1.87. The number of benzene rings is 2. The molecule has 0 spiro atoms. The average Bonchev–Trinajstić information content (AvgIpc) is 3.24. The topological polar surface area (TPSA) is 44.5 Å². The van der Waals surface area contributed by atoms with Gasteiger partial charge in [0.25, 0.3) is 0 Å². The largest absolute Gasteiger partial charge is 0.493 e. The Morgan fingerprint density at radius 2 is 1.80 bits per heavy atom. The third kappa shape index (κ3) is 2.49. The van der Waals surface area contributed by atoms with E-state index in [1.807, 2.05) is 48.5 Å². The van der Waals surface area contributed by atoms with E-state index in [4.69, 9.17) is 15.2 Å². The van der Waals surface area contributed by atoms with Gasteiger partial charge in [0.1, 0.15) is 6.61 Å². The third-order valence-corrected chi connectivity index (χ3v) is 3.75. The van der Waals surface area contributed by atoms with Crippen molar-refractivity contribution >= 4 is 0 Å². The van der Waals surface area contributed by atoms with E-state index in [1.54, 1.807) is 7.11 Å². The molecule has 0 radical (unpaired) electrons. The maximum Gasteiger partial charge on any atom is 0.166 e. The van der Waals surface area contributed by atoms with Gasteiger partial charge in [-0.25, -0.2) is 0 Å². The second kappa shape index (κ2) is 5.17. The molecule has 0 saturated heterocycles. The first kappa shape index (κ1) is 13.0. The van der Waals surface area contributed by atoms with Crippen molar-refractivity contribution in [3.63, 3.8) is 0 Å². The molecule has 0 aliphatic heterocycles. The predicted molar refractivity (Wildman–Crippen MR) is 78.9 cm³/mol. The van der Waals surface area contributed by atoms with Crippen LogP contribution in [-0.4, -0.2) is 7.11 Å². The highest BCUT2D eigenvalue weighted by Crippen LogP contribution is 2.49. The van der Waals surface area contributed by atoms with Crippen molar-refractivity contribution in [3.05, 3.63) is 59.7 Å². The quantitative estimate of drug-likeness (QED) is 0.906. The maximum atomic E-state index is 6.33. The molecule has 1 aliphatic rings. The Morgan fingerprint density at radius 3 is 2.45 bits per heavy atom. The molecule has 0 bridgehead atoms. The number of methoxy groups -OCH3 is 1. The van der Waals surface area contributed by atoms with E-state index in [2.05, 4.69) is 0 Å². The molecule has 0 aromatic heterocycles. The molecule has 2 aromatic rings. The minimum absolute atomic E-state index is 0.236. The summed E-state index contributed by atoms with van der Waals surface area (Å²) >= 11 is 0. The van der Waals surface area contributed by atoms with Crippen molar-refractivity contribution in [3.8, 4) is 11.5 Å². The number of para-hydroxylation sites is 1. The fourth-order valence-electron chi connectivity index (χ4n) is 2.35. The number of hydrogen-bond acceptors (Lipinski definition) is 3. The Labute approximate surface area is 119 Å². The highest BCUT2D eigenvalue weighted by atomic mass is 16.5. The predicted octanol–water partition coefficient (Wildman–Crippen LogP) is 3.22. The van der Waals surface area contributed by atoms with Gasteiger partial charge in [0, 0.05) is 11.1 Å². The smallest absolute Gasteiger partial charge is 0.166 e. The van der Waals surface area contributed by atoms with Crippen LogP contribution in [0.25, 0.3) is 0 Å². The molecule has 0 unspecified atom stereocenters. The minimum atomic E-state index is -0.236. The molecule has 2 N–H and O–H groups in total. The lowest BCUT2D eigenvalue weighted by atomic mass is 10.0. The average molecular weight is 269 g/mol. The van der Waals surface area contributed by atoms with Crippen LogP contribution in [0, 0.1) is 0 Å². The fraction of sp³-hybridized carbons (Fsp3) is 0.294. The molecular formula is C17H19NO2. The van der Waals surface area contributed by atoms with Gasteiger partial charge in [-0.3, -0.25) is 0 Å². The Bertz CT molecular complexity index is 591. The molecular weight excluding hydrogens is 250 g/mol. The van der Waals surface area contributed by atoms with Gasteiger partial charge >= 0.3 is 0 Å². The molecule has 3 nitrogen and oxygen atoms in total. The van der Waals surface area contributed by atoms with Crippen LogP contribution < -0.4 is 15.2 Å². The molecule has 0 atom stereocenters. The van der Waals surface area contributed by atoms with Crippen LogP contribution >= 0.6 is 0 Å². The molecule has 1 fully saturated rings. The maximum absolute atomic E-state index is 6.33. The molecule has 0 heterocycles. The summed E-state index contributed by atoms with van der Waals surface area (Å²) in [5.74, 6) is 1.52. The summed E-state index contributed by atoms with van der Waals surface area (Å²) in [7, 11) is 1.66. The van der Waals surface area contributed by atoms with Crippen molar-refractivity contribution in [1.29, 1.82) is 0 Å². The first-order valence-corrected chi connectivity index (χ1v) is 6.86. The van der Waals surface area contributed by atoms with Crippen molar-refractivity contribution in [2.75, 3.05) is 7.11 Å². The van der Waals surface area contributed by atoms with E-state index in [9.17, 15) is 0 Å². The van der Waals surface area contributed by atoms with Crippen LogP contribution in [-0.2, 0) is 12.1 Å². The van der Waals surface area contributed by atoms with Gasteiger partial charge in [0.2, 0.25) is 0 Å². The van der Waals surface area contributed by atoms with Crippen LogP contribution in [0.4, 0.5) is 0 Å². The lowest BCUT2D eigenvalue weighted by Gasteiger charge is -2.18. The Morgan fingerprint density at radius 1 is 1.05 bits per heavy atom. The highest BCUT2D eigenvalue weighted by Gasteiger charge is 2.42. The lowest BCUT2D eigenvalue weighted by molar-refractivity contribution is 0.279. The van der Waals surface area contributed by atoms with Crippen molar-refractivity contribution in [2.24, 2.45) is 5.73 Å². The van der Waals surface area contributed by atoms with Crippen LogP contribution in [0.15, 0.2) is 48.5 Å². The summed E-state index contributed by atoms with van der Waals surface area (Å²) in [6, 6.07) is 16.0. The second-order valence-electron chi connectivity index (χ2n) is 5.27. The molecule has 1 aliphatic carbocycles. The Kier molecular flexibility index (Phi) is 3.36. The van der Waals surface area contributed by atoms with Gasteiger partial charge in [-0.1, -0.05) is 42.5 Å². The van der Waals surface area contributed by atoms with Crippen molar-refractivity contribution < 1.29 is 9.47 Å². The molecule has 0 amide bonds. The van der Waals surface area contributed by atoms with E-state index >= 15 is 0 Å². The van der Waals surface area contributed by atoms with E-state index < -0.39 is 0 Å². The molecule has 3 rings (SSSR count). The first-order chi connectivity index (χ1) is 9.73. The number of rotatable bonds is 5. The Hall–Kier alpha value is -2.00. The van der Waals surface area contributed by atoms with E-state index in [1.165, 1.54) is 0 Å². The summed E-state index contributed by atoms with van der Waals surface area (Å²) in [5.41, 5.74) is 8.27. The van der Waals surface area contributed by atoms with Gasteiger partial charge in [-0.15, -0.1) is 0 Å². The van der Waals surface area contributed by atoms with Gasteiger partial charge < -0.3 is 15.2 Å². The standard InChI is InChI=1S/C17H19NO2/c1-19-15-9-5-8-14(17(18)10-11-17)16(15)20-12-13-6-3-2-4-7-13/h2-9H,10-12,18H2,1H3. The normalized spacial score (nSPS) is 15.7. The molecule has 3 heteroatoms. The summed E-state index contributed by atoms with van der Waals surface area (Å²) in [5, 5.41) is 0. The van der Waals surface area contributed by atoms with Crippen molar-refractivity contribution in [2.45, 2.75) is 25.0 Å². The van der Waals surface area contributed by atoms with Gasteiger partial charge in [-0.2, -0.15) is 0 Å². The van der Waals surface area contributed by atoms with Crippen LogP contribution in [0.1, 0.15) is 24.0 Å². The summed E-state index contributed by atoms with van der Waals surface area (Å²) in [6.45, 7) is 0.518. The van der Waals surface area contributed by atoms with Gasteiger partial charge in [-0.05, 0) is 24.5 Å². The second-order valence-corrected chi connectivity index (χ2v) is 5.27. The summed E-state index contributed by atoms with van der Waals surface area (Å²) in [4.78, 5) is 0. The van der Waals surface area contributed by atoms with Crippen LogP contribution in [0.3, 0.4) is 0 Å². The molecule has 20 heavy (non-hydrogen) atoms. The third-order valence-electron chi connectivity index (χ3n) is 3.75. The number of nitrogens with two attached hydrogens (primary N) is 1. The fourth-order valence-corrected chi connectivity index (χ4v) is 2.35. The van der Waals surface area contributed by atoms with Gasteiger partial charge in [0.15, 0.2) is 11.5 Å². The van der Waals surface area contributed by atoms with E-state index in [0.717, 1.165) is 35.5 Å². The molecule has 104 valence electrons. The minimum Gasteiger partial charge on any atom is -0.493 e. The van der Waals surface area contributed by atoms with Crippen molar-refractivity contribution in [1.82, 2.24) is 0 Å². The summed E-state index contributed by atoms with van der Waals surface area (Å²) < 4.78 is 11.4. The highest BCUT2D eigenvalue weighted by molar-refractivity contribution is 5.51. The van der Waals surface area contributed by atoms with E-state index in [0.29, 0.717) is 6.61 Å². The lowest BCUT2D eigenvalue weighted by Crippen LogP contribution is -2.20. The zero-order valence-corrected chi connectivity index (χ0v) is 11.6. The molecule has 1 saturated carbocycles. The summed E-state index contributed by atoms with van der Waals surface area (Å²) in [6.07, 6.45) is 2.00. The van der Waals surface area contributed by atoms with Gasteiger partial charge in [0.05, 0.1) is 7.11 Å². The SMILES string of the molecule is COc1cccc(C2(N)CC2)c1OCc1ccccc1.